The van der Waals surface area contributed by atoms with Crippen LogP contribution in [-0.2, 0) is 0 Å². The molecule has 0 saturated carbocycles. The zero-order valence-corrected chi connectivity index (χ0v) is 12.9. The lowest BCUT2D eigenvalue weighted by Crippen LogP contribution is -1.94. The van der Waals surface area contributed by atoms with E-state index in [2.05, 4.69) is 12.1 Å². The molecule has 1 aromatic heterocycles. The molecule has 0 N–H and O–H groups in total. The molecule has 0 aliphatic rings. The Morgan fingerprint density at radius 2 is 1.25 bits per heavy atom. The molecule has 0 saturated heterocycles. The lowest BCUT2D eigenvalue weighted by molar-refractivity contribution is 0.627. The number of rotatable bonds is 3. The molecule has 3 aromatic carbocycles. The number of benzene rings is 3. The lowest BCUT2D eigenvalue weighted by atomic mass is 10.0. The highest BCUT2D eigenvalue weighted by atomic mass is 19.1. The maximum Gasteiger partial charge on any atom is 0.123 e. The van der Waals surface area contributed by atoms with E-state index in [1.54, 1.807) is 16.8 Å². The van der Waals surface area contributed by atoms with Crippen LogP contribution in [0.5, 0.6) is 0 Å². The molecular weight excluding hydrogens is 299 g/mol. The Bertz CT molecular complexity index is 885. The zero-order chi connectivity index (χ0) is 16.4. The van der Waals surface area contributed by atoms with Gasteiger partial charge in [-0.1, -0.05) is 60.7 Å². The zero-order valence-electron chi connectivity index (χ0n) is 12.9. The molecular formula is C21H15FN2. The Hall–Kier alpha value is -3.20. The molecule has 0 amide bonds. The topological polar surface area (TPSA) is 17.8 Å². The van der Waals surface area contributed by atoms with Crippen molar-refractivity contribution >= 4 is 0 Å². The lowest BCUT2D eigenvalue weighted by Gasteiger charge is -2.02. The monoisotopic (exact) mass is 314 g/mol. The van der Waals surface area contributed by atoms with Gasteiger partial charge < -0.3 is 0 Å². The number of nitrogens with zero attached hydrogens (tertiary/aromatic N) is 2. The molecule has 2 nitrogen and oxygen atoms in total. The van der Waals surface area contributed by atoms with Crippen LogP contribution in [0.2, 0.25) is 0 Å². The van der Waals surface area contributed by atoms with Crippen LogP contribution < -0.4 is 0 Å². The number of halogens is 1. The maximum atomic E-state index is 13.2. The van der Waals surface area contributed by atoms with Crippen molar-refractivity contribution in [2.45, 2.75) is 0 Å². The SMILES string of the molecule is Fc1ccc(-n2cc(-c3ccccc3)c(-c3ccccc3)n2)cc1. The molecule has 0 aliphatic heterocycles. The van der Waals surface area contributed by atoms with Crippen molar-refractivity contribution in [2.24, 2.45) is 0 Å². The van der Waals surface area contributed by atoms with Gasteiger partial charge in [0.15, 0.2) is 0 Å². The standard InChI is InChI=1S/C21H15FN2/c22-18-11-13-19(14-12-18)24-15-20(16-7-3-1-4-8-16)21(23-24)17-9-5-2-6-10-17/h1-15H. The summed E-state index contributed by atoms with van der Waals surface area (Å²) in [6.07, 6.45) is 1.99. The predicted octanol–water partition coefficient (Wildman–Crippen LogP) is 5.35. The maximum absolute atomic E-state index is 13.2. The summed E-state index contributed by atoms with van der Waals surface area (Å²) in [7, 11) is 0. The Balaban J connectivity index is 1.89. The molecule has 0 fully saturated rings. The summed E-state index contributed by atoms with van der Waals surface area (Å²) in [6.45, 7) is 0. The Kier molecular flexibility index (Phi) is 3.67. The van der Waals surface area contributed by atoms with Crippen LogP contribution in [0.15, 0.2) is 91.1 Å². The van der Waals surface area contributed by atoms with Crippen molar-refractivity contribution in [3.8, 4) is 28.1 Å². The molecule has 1 heterocycles. The van der Waals surface area contributed by atoms with Crippen LogP contribution in [0.3, 0.4) is 0 Å². The van der Waals surface area contributed by atoms with E-state index in [0.29, 0.717) is 0 Å². The number of hydrogen-bond acceptors (Lipinski definition) is 1. The molecule has 0 bridgehead atoms. The summed E-state index contributed by atoms with van der Waals surface area (Å²) in [5, 5.41) is 4.75. The highest BCUT2D eigenvalue weighted by Gasteiger charge is 2.13. The summed E-state index contributed by atoms with van der Waals surface area (Å²) in [5.41, 5.74) is 4.94. The van der Waals surface area contributed by atoms with Crippen molar-refractivity contribution < 1.29 is 4.39 Å². The minimum Gasteiger partial charge on any atom is -0.240 e. The second kappa shape index (κ2) is 6.13. The van der Waals surface area contributed by atoms with E-state index in [4.69, 9.17) is 5.10 Å². The Morgan fingerprint density at radius 1 is 0.667 bits per heavy atom. The third kappa shape index (κ3) is 2.72. The van der Waals surface area contributed by atoms with Crippen molar-refractivity contribution in [3.05, 3.63) is 96.9 Å². The van der Waals surface area contributed by atoms with E-state index in [-0.39, 0.29) is 5.82 Å². The van der Waals surface area contributed by atoms with E-state index >= 15 is 0 Å². The van der Waals surface area contributed by atoms with E-state index in [0.717, 1.165) is 28.1 Å². The van der Waals surface area contributed by atoms with Gasteiger partial charge in [-0.15, -0.1) is 0 Å². The van der Waals surface area contributed by atoms with Gasteiger partial charge in [0.1, 0.15) is 11.5 Å². The Morgan fingerprint density at radius 3 is 1.88 bits per heavy atom. The van der Waals surface area contributed by atoms with Gasteiger partial charge in [-0.2, -0.15) is 5.10 Å². The molecule has 24 heavy (non-hydrogen) atoms. The van der Waals surface area contributed by atoms with E-state index < -0.39 is 0 Å². The van der Waals surface area contributed by atoms with Crippen LogP contribution in [0.1, 0.15) is 0 Å². The summed E-state index contributed by atoms with van der Waals surface area (Å²) >= 11 is 0. The highest BCUT2D eigenvalue weighted by molar-refractivity contribution is 5.80. The van der Waals surface area contributed by atoms with Gasteiger partial charge in [-0.25, -0.2) is 9.07 Å². The largest absolute Gasteiger partial charge is 0.240 e. The van der Waals surface area contributed by atoms with Crippen LogP contribution in [-0.4, -0.2) is 9.78 Å². The van der Waals surface area contributed by atoms with Crippen LogP contribution in [0.4, 0.5) is 4.39 Å². The predicted molar refractivity (Wildman–Crippen MR) is 94.4 cm³/mol. The van der Waals surface area contributed by atoms with E-state index in [1.165, 1.54) is 12.1 Å². The molecule has 116 valence electrons. The molecule has 0 aliphatic carbocycles. The quantitative estimate of drug-likeness (QED) is 0.499. The molecule has 4 rings (SSSR count). The van der Waals surface area contributed by atoms with Crippen molar-refractivity contribution in [1.29, 1.82) is 0 Å². The smallest absolute Gasteiger partial charge is 0.123 e. The van der Waals surface area contributed by atoms with Crippen LogP contribution in [0.25, 0.3) is 28.1 Å². The molecule has 3 heteroatoms. The van der Waals surface area contributed by atoms with E-state index in [1.807, 2.05) is 54.7 Å². The first-order chi connectivity index (χ1) is 11.8. The molecule has 0 atom stereocenters. The normalized spacial score (nSPS) is 10.7. The summed E-state index contributed by atoms with van der Waals surface area (Å²) in [5.74, 6) is -0.252. The third-order valence-electron chi connectivity index (χ3n) is 3.94. The van der Waals surface area contributed by atoms with E-state index in [9.17, 15) is 4.39 Å². The van der Waals surface area contributed by atoms with Gasteiger partial charge in [-0.05, 0) is 29.8 Å². The molecule has 4 aromatic rings. The van der Waals surface area contributed by atoms with Gasteiger partial charge in [0.05, 0.1) is 5.69 Å². The van der Waals surface area contributed by atoms with Crippen molar-refractivity contribution in [3.63, 3.8) is 0 Å². The number of hydrogen-bond donors (Lipinski definition) is 0. The Labute approximate surface area is 139 Å². The second-order valence-corrected chi connectivity index (χ2v) is 5.54. The van der Waals surface area contributed by atoms with Crippen molar-refractivity contribution in [1.82, 2.24) is 9.78 Å². The van der Waals surface area contributed by atoms with Gasteiger partial charge in [0.2, 0.25) is 0 Å². The summed E-state index contributed by atoms with van der Waals surface area (Å²) < 4.78 is 15.0. The molecule has 0 spiro atoms. The average Bonchev–Trinajstić information content (AvgIpc) is 3.09. The average molecular weight is 314 g/mol. The summed E-state index contributed by atoms with van der Waals surface area (Å²) in [6, 6.07) is 26.6. The minimum absolute atomic E-state index is 0.252. The van der Waals surface area contributed by atoms with Crippen molar-refractivity contribution in [2.75, 3.05) is 0 Å². The third-order valence-corrected chi connectivity index (χ3v) is 3.94. The fraction of sp³-hybridized carbons (Fsp3) is 0. The first kappa shape index (κ1) is 14.4. The minimum atomic E-state index is -0.252. The first-order valence-electron chi connectivity index (χ1n) is 7.78. The number of aromatic nitrogens is 2. The summed E-state index contributed by atoms with van der Waals surface area (Å²) in [4.78, 5) is 0. The van der Waals surface area contributed by atoms with Gasteiger partial charge in [-0.3, -0.25) is 0 Å². The molecule has 0 radical (unpaired) electrons. The fourth-order valence-corrected chi connectivity index (χ4v) is 2.74. The van der Waals surface area contributed by atoms with Gasteiger partial charge in [0.25, 0.3) is 0 Å². The van der Waals surface area contributed by atoms with Gasteiger partial charge in [0, 0.05) is 17.3 Å². The van der Waals surface area contributed by atoms with Gasteiger partial charge >= 0.3 is 0 Å². The van der Waals surface area contributed by atoms with Crippen LogP contribution in [0, 0.1) is 5.82 Å². The fourth-order valence-electron chi connectivity index (χ4n) is 2.74. The second-order valence-electron chi connectivity index (χ2n) is 5.54. The first-order valence-corrected chi connectivity index (χ1v) is 7.78. The highest BCUT2D eigenvalue weighted by Crippen LogP contribution is 2.31. The van der Waals surface area contributed by atoms with Crippen LogP contribution >= 0.6 is 0 Å². The molecule has 0 unspecified atom stereocenters.